The van der Waals surface area contributed by atoms with Gasteiger partial charge in [-0.3, -0.25) is 4.79 Å². The van der Waals surface area contributed by atoms with Crippen molar-refractivity contribution < 1.29 is 14.3 Å². The number of nitrogens with zero attached hydrogens (tertiary/aromatic N) is 1. The average Bonchev–Trinajstić information content (AvgIpc) is 2.62. The van der Waals surface area contributed by atoms with E-state index in [1.165, 1.54) is 32.1 Å². The minimum atomic E-state index is -0.155. The molecule has 1 heterocycles. The molecule has 0 aromatic rings. The van der Waals surface area contributed by atoms with Crippen molar-refractivity contribution in [2.75, 3.05) is 19.7 Å². The van der Waals surface area contributed by atoms with Gasteiger partial charge in [-0.05, 0) is 50.9 Å². The number of hydrogen-bond donors (Lipinski definition) is 1. The summed E-state index contributed by atoms with van der Waals surface area (Å²) in [4.78, 5) is 26.4. The second kappa shape index (κ2) is 8.21. The predicted octanol–water partition coefficient (Wildman–Crippen LogP) is 3.33. The topological polar surface area (TPSA) is 58.6 Å². The maximum absolute atomic E-state index is 12.6. The largest absolute Gasteiger partial charge is 0.466 e. The number of carbonyl (C=O) groups is 2. The highest BCUT2D eigenvalue weighted by Gasteiger charge is 2.34. The van der Waals surface area contributed by atoms with Crippen LogP contribution in [-0.4, -0.2) is 42.6 Å². The van der Waals surface area contributed by atoms with Crippen LogP contribution >= 0.6 is 0 Å². The maximum Gasteiger partial charge on any atom is 0.317 e. The van der Waals surface area contributed by atoms with Crippen molar-refractivity contribution in [2.24, 2.45) is 17.8 Å². The molecule has 0 aromatic heterocycles. The fourth-order valence-electron chi connectivity index (χ4n) is 4.88. The van der Waals surface area contributed by atoms with Crippen LogP contribution in [0.2, 0.25) is 0 Å². The molecule has 4 atom stereocenters. The number of rotatable bonds is 3. The van der Waals surface area contributed by atoms with Crippen molar-refractivity contribution in [1.82, 2.24) is 10.2 Å². The molecule has 3 fully saturated rings. The molecule has 1 N–H and O–H groups in total. The van der Waals surface area contributed by atoms with Gasteiger partial charge < -0.3 is 15.0 Å². The summed E-state index contributed by atoms with van der Waals surface area (Å²) in [5.41, 5.74) is 0. The molecule has 0 spiro atoms. The van der Waals surface area contributed by atoms with Crippen LogP contribution in [0, 0.1) is 17.8 Å². The molecule has 0 radical (unpaired) electrons. The third kappa shape index (κ3) is 4.22. The van der Waals surface area contributed by atoms with Crippen LogP contribution in [0.15, 0.2) is 0 Å². The molecule has 2 saturated carbocycles. The Morgan fingerprint density at radius 2 is 1.83 bits per heavy atom. The summed E-state index contributed by atoms with van der Waals surface area (Å²) in [5.74, 6) is 1.40. The molecule has 0 aromatic carbocycles. The summed E-state index contributed by atoms with van der Waals surface area (Å²) in [7, 11) is 0. The number of amides is 2. The van der Waals surface area contributed by atoms with E-state index in [1.54, 1.807) is 0 Å². The molecule has 0 bridgehead atoms. The van der Waals surface area contributed by atoms with Crippen molar-refractivity contribution >= 4 is 12.0 Å². The first-order valence-electron chi connectivity index (χ1n) is 9.89. The summed E-state index contributed by atoms with van der Waals surface area (Å²) in [6.07, 6.45) is 10.7. The van der Waals surface area contributed by atoms with Gasteiger partial charge in [-0.1, -0.05) is 25.7 Å². The van der Waals surface area contributed by atoms with Gasteiger partial charge in [0, 0.05) is 19.1 Å². The van der Waals surface area contributed by atoms with Gasteiger partial charge in [0.15, 0.2) is 0 Å². The molecule has 3 aliphatic rings. The van der Waals surface area contributed by atoms with Crippen LogP contribution in [0.1, 0.15) is 64.7 Å². The number of esters is 1. The smallest absolute Gasteiger partial charge is 0.317 e. The lowest BCUT2D eigenvalue weighted by atomic mass is 9.69. The SMILES string of the molecule is CCOC(=O)[C@@H]1CCCN(C(=O)N[C@@H]2CC[C@H]3CCCC[C@H]3C2)C1. The van der Waals surface area contributed by atoms with Crippen molar-refractivity contribution in [3.63, 3.8) is 0 Å². The second-order valence-electron chi connectivity index (χ2n) is 7.80. The molecule has 2 amide bonds. The molecule has 136 valence electrons. The van der Waals surface area contributed by atoms with Crippen molar-refractivity contribution in [3.8, 4) is 0 Å². The molecule has 0 unspecified atom stereocenters. The van der Waals surface area contributed by atoms with Crippen LogP contribution in [0.25, 0.3) is 0 Å². The predicted molar refractivity (Wildman–Crippen MR) is 92.5 cm³/mol. The average molecular weight is 336 g/mol. The van der Waals surface area contributed by atoms with Gasteiger partial charge in [0.05, 0.1) is 12.5 Å². The van der Waals surface area contributed by atoms with Gasteiger partial charge in [-0.2, -0.15) is 0 Å². The first kappa shape index (κ1) is 17.6. The van der Waals surface area contributed by atoms with E-state index in [2.05, 4.69) is 5.32 Å². The number of hydrogen-bond acceptors (Lipinski definition) is 3. The Kier molecular flexibility index (Phi) is 6.01. The fourth-order valence-corrected chi connectivity index (χ4v) is 4.88. The van der Waals surface area contributed by atoms with Crippen LogP contribution in [-0.2, 0) is 9.53 Å². The van der Waals surface area contributed by atoms with Gasteiger partial charge in [0.1, 0.15) is 0 Å². The van der Waals surface area contributed by atoms with Crippen molar-refractivity contribution in [1.29, 1.82) is 0 Å². The standard InChI is InChI=1S/C19H32N2O3/c1-2-24-18(22)16-8-5-11-21(13-16)19(23)20-17-10-9-14-6-3-4-7-15(14)12-17/h14-17H,2-13H2,1H3,(H,20,23)/t14-,15+,16-,17-/m1/s1. The number of urea groups is 1. The van der Waals surface area contributed by atoms with E-state index < -0.39 is 0 Å². The molecule has 2 aliphatic carbocycles. The van der Waals surface area contributed by atoms with Crippen molar-refractivity contribution in [2.45, 2.75) is 70.8 Å². The lowest BCUT2D eigenvalue weighted by molar-refractivity contribution is -0.149. The second-order valence-corrected chi connectivity index (χ2v) is 7.80. The van der Waals surface area contributed by atoms with E-state index in [-0.39, 0.29) is 17.9 Å². The number of ether oxygens (including phenoxy) is 1. The lowest BCUT2D eigenvalue weighted by Crippen LogP contribution is -2.51. The van der Waals surface area contributed by atoms with Crippen LogP contribution in [0.4, 0.5) is 4.79 Å². The maximum atomic E-state index is 12.6. The normalized spacial score (nSPS) is 33.5. The summed E-state index contributed by atoms with van der Waals surface area (Å²) < 4.78 is 5.12. The van der Waals surface area contributed by atoms with Gasteiger partial charge in [0.25, 0.3) is 0 Å². The lowest BCUT2D eigenvalue weighted by Gasteiger charge is -2.40. The zero-order chi connectivity index (χ0) is 16.9. The molecular formula is C19H32N2O3. The van der Waals surface area contributed by atoms with Gasteiger partial charge in [-0.15, -0.1) is 0 Å². The van der Waals surface area contributed by atoms with Gasteiger partial charge >= 0.3 is 12.0 Å². The molecule has 3 rings (SSSR count). The van der Waals surface area contributed by atoms with Crippen LogP contribution in [0.3, 0.4) is 0 Å². The Balaban J connectivity index is 1.48. The van der Waals surface area contributed by atoms with Gasteiger partial charge in [-0.25, -0.2) is 4.79 Å². The molecule has 1 aliphatic heterocycles. The molecular weight excluding hydrogens is 304 g/mol. The summed E-state index contributed by atoms with van der Waals surface area (Å²) in [6, 6.07) is 0.336. The third-order valence-corrected chi connectivity index (χ3v) is 6.20. The molecule has 5 heteroatoms. The zero-order valence-electron chi connectivity index (χ0n) is 15.0. The monoisotopic (exact) mass is 336 g/mol. The molecule has 1 saturated heterocycles. The summed E-state index contributed by atoms with van der Waals surface area (Å²) >= 11 is 0. The van der Waals surface area contributed by atoms with E-state index in [0.717, 1.165) is 44.1 Å². The fraction of sp³-hybridized carbons (Fsp3) is 0.895. The summed E-state index contributed by atoms with van der Waals surface area (Å²) in [6.45, 7) is 3.49. The van der Waals surface area contributed by atoms with E-state index >= 15 is 0 Å². The highest BCUT2D eigenvalue weighted by molar-refractivity contribution is 5.77. The Labute approximate surface area is 145 Å². The number of fused-ring (bicyclic) bond motifs is 1. The number of likely N-dealkylation sites (tertiary alicyclic amines) is 1. The number of nitrogens with one attached hydrogen (secondary N) is 1. The number of piperidine rings is 1. The van der Waals surface area contributed by atoms with E-state index in [9.17, 15) is 9.59 Å². The van der Waals surface area contributed by atoms with E-state index in [4.69, 9.17) is 4.74 Å². The Bertz CT molecular complexity index is 454. The Hall–Kier alpha value is -1.26. The molecule has 5 nitrogen and oxygen atoms in total. The Morgan fingerprint density at radius 1 is 1.04 bits per heavy atom. The number of carbonyl (C=O) groups excluding carboxylic acids is 2. The highest BCUT2D eigenvalue weighted by atomic mass is 16.5. The van der Waals surface area contributed by atoms with Crippen LogP contribution in [0.5, 0.6) is 0 Å². The summed E-state index contributed by atoms with van der Waals surface area (Å²) in [5, 5.41) is 3.25. The zero-order valence-corrected chi connectivity index (χ0v) is 15.0. The third-order valence-electron chi connectivity index (χ3n) is 6.20. The van der Waals surface area contributed by atoms with Crippen LogP contribution < -0.4 is 5.32 Å². The van der Waals surface area contributed by atoms with E-state index in [1.807, 2.05) is 11.8 Å². The first-order valence-corrected chi connectivity index (χ1v) is 9.89. The van der Waals surface area contributed by atoms with Crippen molar-refractivity contribution in [3.05, 3.63) is 0 Å². The van der Waals surface area contributed by atoms with Gasteiger partial charge in [0.2, 0.25) is 0 Å². The molecule has 24 heavy (non-hydrogen) atoms. The highest BCUT2D eigenvalue weighted by Crippen LogP contribution is 2.40. The Morgan fingerprint density at radius 3 is 2.62 bits per heavy atom. The first-order chi connectivity index (χ1) is 11.7. The minimum absolute atomic E-state index is 0.0169. The minimum Gasteiger partial charge on any atom is -0.466 e. The quantitative estimate of drug-likeness (QED) is 0.804. The van der Waals surface area contributed by atoms with E-state index in [0.29, 0.717) is 19.2 Å².